The molecule has 0 aliphatic carbocycles. The molecule has 0 fully saturated rings. The zero-order valence-electron chi connectivity index (χ0n) is 30.1. The van der Waals surface area contributed by atoms with Gasteiger partial charge in [0.15, 0.2) is 12.3 Å². The summed E-state index contributed by atoms with van der Waals surface area (Å²) in [4.78, 5) is 80.6. The van der Waals surface area contributed by atoms with Gasteiger partial charge in [0.1, 0.15) is 26.1 Å². The first-order valence-corrected chi connectivity index (χ1v) is 17.1. The maximum Gasteiger partial charge on any atom is 0.407 e. The summed E-state index contributed by atoms with van der Waals surface area (Å²) in [5.41, 5.74) is 0.342. The van der Waals surface area contributed by atoms with Gasteiger partial charge in [0.2, 0.25) is 18.6 Å². The minimum absolute atomic E-state index is 0.00799. The molecular formula is C34H56N6O10. The Morgan fingerprint density at radius 2 is 1.42 bits per heavy atom. The van der Waals surface area contributed by atoms with Crippen LogP contribution in [0, 0.1) is 0 Å². The number of alkyl carbamates (subject to hydrolysis) is 1. The molecule has 2 N–H and O–H groups in total. The van der Waals surface area contributed by atoms with Crippen LogP contribution in [-0.4, -0.2) is 93.3 Å². The molecule has 0 aromatic carbocycles. The van der Waals surface area contributed by atoms with Gasteiger partial charge in [-0.3, -0.25) is 5.32 Å². The standard InChI is InChI=1S/C34H56N6O10/c1-7-9-13-17-30(36-23-41)38-25-48-40(49-26-39-31(37-24-42)18-14-10-8-2)20-16-12-11-15-19-35-34(45)50-29(21-46-32(43)27(3)4)22-47-33(44)28(5)6/h25,29-31,39H,3,5,7-22,26H2,1-2,4,6H3,(H,35,45). The van der Waals surface area contributed by atoms with Crippen LogP contribution in [0.4, 0.5) is 4.79 Å². The van der Waals surface area contributed by atoms with Crippen LogP contribution in [0.3, 0.4) is 0 Å². The fraction of sp³-hybridized carbons (Fsp3) is 0.706. The SMILES string of the molecule is C=C(C)C(=O)OCC(COC(=O)C(=C)C)OC(=O)NCCCCCCN(OC=NC(CCCCC)N=C=O)OCNC(CCCCC)N=C=O. The molecule has 0 aromatic heterocycles. The Morgan fingerprint density at radius 3 is 2.00 bits per heavy atom. The molecule has 1 amide bonds. The molecule has 0 spiro atoms. The van der Waals surface area contributed by atoms with E-state index in [0.717, 1.165) is 51.4 Å². The number of hydrogen-bond acceptors (Lipinski definition) is 15. The van der Waals surface area contributed by atoms with E-state index in [1.54, 1.807) is 12.2 Å². The molecule has 0 heterocycles. The topological polar surface area (TPSA) is 196 Å². The van der Waals surface area contributed by atoms with E-state index in [-0.39, 0.29) is 31.1 Å². The number of hydroxylamine groups is 2. The second-order valence-corrected chi connectivity index (χ2v) is 11.4. The Morgan fingerprint density at radius 1 is 0.820 bits per heavy atom. The van der Waals surface area contributed by atoms with Gasteiger partial charge in [-0.25, -0.2) is 33.8 Å². The summed E-state index contributed by atoms with van der Waals surface area (Å²) in [6.45, 7) is 14.1. The van der Waals surface area contributed by atoms with Crippen molar-refractivity contribution in [2.24, 2.45) is 15.0 Å². The number of amides is 1. The molecule has 50 heavy (non-hydrogen) atoms. The van der Waals surface area contributed by atoms with Gasteiger partial charge in [-0.15, -0.1) is 0 Å². The van der Waals surface area contributed by atoms with Gasteiger partial charge in [-0.2, -0.15) is 9.98 Å². The Hall–Kier alpha value is -4.20. The minimum Gasteiger partial charge on any atom is -0.458 e. The molecule has 0 aliphatic heterocycles. The maximum absolute atomic E-state index is 12.4. The molecule has 0 rings (SSSR count). The predicted molar refractivity (Wildman–Crippen MR) is 186 cm³/mol. The second-order valence-electron chi connectivity index (χ2n) is 11.4. The lowest BCUT2D eigenvalue weighted by Crippen LogP contribution is -2.36. The number of unbranched alkanes of at least 4 members (excludes halogenated alkanes) is 7. The summed E-state index contributed by atoms with van der Waals surface area (Å²) in [5.74, 6) is -1.33. The maximum atomic E-state index is 12.4. The van der Waals surface area contributed by atoms with Crippen LogP contribution in [0.15, 0.2) is 39.3 Å². The fourth-order valence-corrected chi connectivity index (χ4v) is 3.98. The number of ether oxygens (including phenoxy) is 3. The third-order valence-corrected chi connectivity index (χ3v) is 6.79. The number of isocyanates is 2. The van der Waals surface area contributed by atoms with Gasteiger partial charge in [0, 0.05) is 17.7 Å². The van der Waals surface area contributed by atoms with Crippen molar-refractivity contribution >= 4 is 36.6 Å². The van der Waals surface area contributed by atoms with Crippen LogP contribution in [0.2, 0.25) is 0 Å². The highest BCUT2D eigenvalue weighted by Gasteiger charge is 2.20. The summed E-state index contributed by atoms with van der Waals surface area (Å²) in [6, 6.07) is 0. The zero-order valence-corrected chi connectivity index (χ0v) is 30.1. The molecule has 282 valence electrons. The summed E-state index contributed by atoms with van der Waals surface area (Å²) >= 11 is 0. The van der Waals surface area contributed by atoms with Crippen molar-refractivity contribution in [1.29, 1.82) is 0 Å². The molecule has 2 unspecified atom stereocenters. The number of esters is 2. The number of carbonyl (C=O) groups is 3. The zero-order chi connectivity index (χ0) is 37.4. The highest BCUT2D eigenvalue weighted by molar-refractivity contribution is 5.87. The van der Waals surface area contributed by atoms with E-state index in [1.807, 2.05) is 0 Å². The van der Waals surface area contributed by atoms with E-state index in [1.165, 1.54) is 25.5 Å². The van der Waals surface area contributed by atoms with Gasteiger partial charge >= 0.3 is 18.0 Å². The number of nitrogens with zero attached hydrogens (tertiary/aromatic N) is 4. The normalized spacial score (nSPS) is 12.0. The summed E-state index contributed by atoms with van der Waals surface area (Å²) < 4.78 is 15.4. The van der Waals surface area contributed by atoms with Crippen molar-refractivity contribution in [3.8, 4) is 0 Å². The summed E-state index contributed by atoms with van der Waals surface area (Å²) in [5, 5.41) is 6.92. The fourth-order valence-electron chi connectivity index (χ4n) is 3.98. The number of nitrogens with one attached hydrogen (secondary N) is 2. The molecule has 0 bridgehead atoms. The first-order chi connectivity index (χ1) is 24.1. The molecule has 0 aliphatic rings. The molecule has 0 aromatic rings. The quantitative estimate of drug-likeness (QED) is 0.0111. The molecule has 2 atom stereocenters. The molecule has 0 radical (unpaired) electrons. The third kappa shape index (κ3) is 25.8. The smallest absolute Gasteiger partial charge is 0.407 e. The molecule has 16 heteroatoms. The van der Waals surface area contributed by atoms with E-state index in [2.05, 4.69) is 52.6 Å². The van der Waals surface area contributed by atoms with E-state index >= 15 is 0 Å². The second kappa shape index (κ2) is 30.8. The molecule has 0 saturated heterocycles. The minimum atomic E-state index is -1.03. The van der Waals surface area contributed by atoms with Crippen molar-refractivity contribution in [2.75, 3.05) is 33.0 Å². The number of carbonyl (C=O) groups excluding carboxylic acids is 5. The number of aliphatic imine (C=N–C) groups is 3. The van der Waals surface area contributed by atoms with E-state index in [4.69, 9.17) is 23.9 Å². The lowest BCUT2D eigenvalue weighted by molar-refractivity contribution is -0.328. The number of hydrogen-bond donors (Lipinski definition) is 2. The van der Waals surface area contributed by atoms with Crippen molar-refractivity contribution in [3.63, 3.8) is 0 Å². The highest BCUT2D eigenvalue weighted by Crippen LogP contribution is 2.09. The summed E-state index contributed by atoms with van der Waals surface area (Å²) in [6.07, 6.45) is 11.3. The van der Waals surface area contributed by atoms with Crippen LogP contribution in [0.25, 0.3) is 0 Å². The van der Waals surface area contributed by atoms with Crippen LogP contribution in [-0.2, 0) is 43.1 Å². The average molecular weight is 709 g/mol. The Labute approximate surface area is 295 Å². The van der Waals surface area contributed by atoms with Crippen LogP contribution >= 0.6 is 0 Å². The van der Waals surface area contributed by atoms with Crippen LogP contribution in [0.5, 0.6) is 0 Å². The molecule has 16 nitrogen and oxygen atoms in total. The summed E-state index contributed by atoms with van der Waals surface area (Å²) in [7, 11) is 0. The Kier molecular flexibility index (Phi) is 28.2. The lowest BCUT2D eigenvalue weighted by Gasteiger charge is -2.21. The van der Waals surface area contributed by atoms with E-state index in [0.29, 0.717) is 38.8 Å². The highest BCUT2D eigenvalue weighted by atomic mass is 16.9. The third-order valence-electron chi connectivity index (χ3n) is 6.79. The molecular weight excluding hydrogens is 652 g/mol. The van der Waals surface area contributed by atoms with Gasteiger partial charge in [-0.05, 0) is 57.6 Å². The molecule has 0 saturated carbocycles. The van der Waals surface area contributed by atoms with E-state index in [9.17, 15) is 24.0 Å². The van der Waals surface area contributed by atoms with Gasteiger partial charge in [-0.1, -0.05) is 65.5 Å². The predicted octanol–water partition coefficient (Wildman–Crippen LogP) is 5.11. The van der Waals surface area contributed by atoms with Crippen LogP contribution in [0.1, 0.15) is 105 Å². The van der Waals surface area contributed by atoms with Crippen LogP contribution < -0.4 is 10.6 Å². The van der Waals surface area contributed by atoms with Crippen molar-refractivity contribution in [3.05, 3.63) is 24.3 Å². The monoisotopic (exact) mass is 708 g/mol. The Balaban J connectivity index is 4.91. The van der Waals surface area contributed by atoms with Crippen molar-refractivity contribution in [1.82, 2.24) is 15.9 Å². The lowest BCUT2D eigenvalue weighted by atomic mass is 10.2. The van der Waals surface area contributed by atoms with Gasteiger partial charge in [0.05, 0.1) is 6.54 Å². The first-order valence-electron chi connectivity index (χ1n) is 17.1. The van der Waals surface area contributed by atoms with Crippen molar-refractivity contribution in [2.45, 2.75) is 123 Å². The number of rotatable bonds is 31. The average Bonchev–Trinajstić information content (AvgIpc) is 3.08. The Bertz CT molecular complexity index is 1110. The van der Waals surface area contributed by atoms with Crippen molar-refractivity contribution < 1.29 is 47.9 Å². The van der Waals surface area contributed by atoms with Gasteiger partial charge in [0.25, 0.3) is 0 Å². The van der Waals surface area contributed by atoms with Gasteiger partial charge < -0.3 is 24.4 Å². The van der Waals surface area contributed by atoms with E-state index < -0.39 is 36.5 Å². The first kappa shape index (κ1) is 45.8. The largest absolute Gasteiger partial charge is 0.458 e.